The quantitative estimate of drug-likeness (QED) is 0.684. The van der Waals surface area contributed by atoms with Crippen molar-refractivity contribution in [2.45, 2.75) is 13.0 Å². The minimum Gasteiger partial charge on any atom is -0.465 e. The number of hydrogen-bond donors (Lipinski definition) is 1. The van der Waals surface area contributed by atoms with Crippen molar-refractivity contribution in [2.75, 3.05) is 7.11 Å². The van der Waals surface area contributed by atoms with Crippen LogP contribution >= 0.6 is 15.9 Å². The zero-order valence-electron chi connectivity index (χ0n) is 8.34. The van der Waals surface area contributed by atoms with E-state index in [1.165, 1.54) is 13.2 Å². The van der Waals surface area contributed by atoms with E-state index in [9.17, 15) is 13.6 Å². The summed E-state index contributed by atoms with van der Waals surface area (Å²) in [4.78, 5) is 14.9. The Morgan fingerprint density at radius 3 is 2.75 bits per heavy atom. The molecule has 0 aliphatic rings. The fraction of sp³-hybridized carbons (Fsp3) is 0.333. The van der Waals surface area contributed by atoms with Crippen LogP contribution in [-0.2, 0) is 11.3 Å². The normalized spacial score (nSPS) is 10.6. The van der Waals surface area contributed by atoms with E-state index in [2.05, 4.69) is 25.7 Å². The monoisotopic (exact) mass is 294 g/mol. The number of aromatic nitrogens is 1. The van der Waals surface area contributed by atoms with Crippen molar-refractivity contribution in [2.24, 2.45) is 5.73 Å². The molecule has 2 N–H and O–H groups in total. The lowest BCUT2D eigenvalue weighted by Crippen LogP contribution is -2.14. The predicted octanol–water partition coefficient (Wildman–Crippen LogP) is 2.03. The third kappa shape index (κ3) is 2.53. The first-order valence-corrected chi connectivity index (χ1v) is 5.06. The molecule has 0 aliphatic heterocycles. The van der Waals surface area contributed by atoms with E-state index >= 15 is 0 Å². The molecule has 0 aromatic carbocycles. The van der Waals surface area contributed by atoms with Gasteiger partial charge in [-0.15, -0.1) is 0 Å². The molecule has 0 radical (unpaired) electrons. The Balaban J connectivity index is 3.41. The van der Waals surface area contributed by atoms with Gasteiger partial charge in [-0.1, -0.05) is 0 Å². The van der Waals surface area contributed by atoms with Crippen LogP contribution in [0.2, 0.25) is 0 Å². The highest BCUT2D eigenvalue weighted by Gasteiger charge is 2.22. The molecule has 1 heterocycles. The molecular formula is C9H9BrF2N2O2. The number of carbonyl (C=O) groups excluding carboxylic acids is 1. The average molecular weight is 295 g/mol. The maximum Gasteiger partial charge on any atom is 0.338 e. The minimum atomic E-state index is -2.79. The van der Waals surface area contributed by atoms with Crippen LogP contribution in [0.15, 0.2) is 10.7 Å². The molecular weight excluding hydrogens is 286 g/mol. The number of ether oxygens (including phenoxy) is 1. The highest BCUT2D eigenvalue weighted by molar-refractivity contribution is 9.10. The first-order valence-electron chi connectivity index (χ1n) is 4.27. The number of pyridine rings is 1. The van der Waals surface area contributed by atoms with Crippen LogP contribution in [0.25, 0.3) is 0 Å². The van der Waals surface area contributed by atoms with Crippen molar-refractivity contribution < 1.29 is 18.3 Å². The van der Waals surface area contributed by atoms with Crippen molar-refractivity contribution in [1.82, 2.24) is 4.98 Å². The number of nitrogens with two attached hydrogens (primary N) is 1. The molecule has 0 spiro atoms. The molecule has 7 heteroatoms. The summed E-state index contributed by atoms with van der Waals surface area (Å²) in [5.41, 5.74) is 4.84. The lowest BCUT2D eigenvalue weighted by Gasteiger charge is -2.11. The zero-order chi connectivity index (χ0) is 12.3. The average Bonchev–Trinajstić information content (AvgIpc) is 2.26. The highest BCUT2D eigenvalue weighted by Crippen LogP contribution is 2.26. The van der Waals surface area contributed by atoms with Gasteiger partial charge >= 0.3 is 5.97 Å². The summed E-state index contributed by atoms with van der Waals surface area (Å²) in [6.45, 7) is -0.204. The van der Waals surface area contributed by atoms with E-state index in [1.54, 1.807) is 0 Å². The molecule has 16 heavy (non-hydrogen) atoms. The standard InChI is InChI=1S/C9H9BrF2N2O2/c1-16-9(15)4-2-6(10)14-7(8(11)12)5(4)3-13/h2,8H,3,13H2,1H3. The van der Waals surface area contributed by atoms with Gasteiger partial charge in [0.1, 0.15) is 10.3 Å². The molecule has 4 nitrogen and oxygen atoms in total. The van der Waals surface area contributed by atoms with Gasteiger partial charge in [-0.05, 0) is 22.0 Å². The largest absolute Gasteiger partial charge is 0.465 e. The summed E-state index contributed by atoms with van der Waals surface area (Å²) in [6.07, 6.45) is -2.79. The van der Waals surface area contributed by atoms with Crippen LogP contribution in [0.3, 0.4) is 0 Å². The van der Waals surface area contributed by atoms with E-state index in [-0.39, 0.29) is 22.3 Å². The number of esters is 1. The van der Waals surface area contributed by atoms with Crippen molar-refractivity contribution in [1.29, 1.82) is 0 Å². The molecule has 0 fully saturated rings. The molecule has 0 atom stereocenters. The van der Waals surface area contributed by atoms with Gasteiger partial charge in [0.25, 0.3) is 6.43 Å². The fourth-order valence-electron chi connectivity index (χ4n) is 1.25. The molecule has 0 amide bonds. The molecule has 0 unspecified atom stereocenters. The number of rotatable bonds is 3. The smallest absolute Gasteiger partial charge is 0.338 e. The van der Waals surface area contributed by atoms with Gasteiger partial charge in [-0.2, -0.15) is 0 Å². The number of carbonyl (C=O) groups is 1. The summed E-state index contributed by atoms with van der Waals surface area (Å²) < 4.78 is 29.9. The summed E-state index contributed by atoms with van der Waals surface area (Å²) in [6, 6.07) is 1.31. The Labute approximate surface area is 98.9 Å². The second-order valence-electron chi connectivity index (χ2n) is 2.85. The number of alkyl halides is 2. The van der Waals surface area contributed by atoms with Crippen LogP contribution in [0.4, 0.5) is 8.78 Å². The van der Waals surface area contributed by atoms with Crippen LogP contribution in [0.1, 0.15) is 28.0 Å². The molecule has 0 saturated carbocycles. The Kier molecular flexibility index (Phi) is 4.31. The number of halogens is 3. The van der Waals surface area contributed by atoms with Gasteiger partial charge < -0.3 is 10.5 Å². The predicted molar refractivity (Wildman–Crippen MR) is 56.1 cm³/mol. The first kappa shape index (κ1) is 13.0. The second kappa shape index (κ2) is 5.31. The van der Waals surface area contributed by atoms with Crippen molar-refractivity contribution in [3.63, 3.8) is 0 Å². The van der Waals surface area contributed by atoms with Crippen LogP contribution in [0, 0.1) is 0 Å². The van der Waals surface area contributed by atoms with E-state index in [4.69, 9.17) is 5.73 Å². The van der Waals surface area contributed by atoms with Gasteiger partial charge in [0.15, 0.2) is 0 Å². The first-order chi connectivity index (χ1) is 7.51. The lowest BCUT2D eigenvalue weighted by atomic mass is 10.1. The minimum absolute atomic E-state index is 0.00201. The number of hydrogen-bond acceptors (Lipinski definition) is 4. The number of methoxy groups -OCH3 is 1. The molecule has 1 rings (SSSR count). The van der Waals surface area contributed by atoms with Crippen LogP contribution in [-0.4, -0.2) is 18.1 Å². The molecule has 0 aliphatic carbocycles. The summed E-state index contributed by atoms with van der Waals surface area (Å²) >= 11 is 2.95. The van der Waals surface area contributed by atoms with Gasteiger partial charge in [-0.3, -0.25) is 0 Å². The van der Waals surface area contributed by atoms with E-state index in [0.29, 0.717) is 0 Å². The molecule has 0 saturated heterocycles. The van der Waals surface area contributed by atoms with Crippen molar-refractivity contribution >= 4 is 21.9 Å². The molecule has 1 aromatic rings. The third-order valence-corrected chi connectivity index (χ3v) is 2.35. The molecule has 1 aromatic heterocycles. The van der Waals surface area contributed by atoms with Gasteiger partial charge in [0.2, 0.25) is 0 Å². The van der Waals surface area contributed by atoms with Gasteiger partial charge in [-0.25, -0.2) is 18.6 Å². The maximum absolute atomic E-state index is 12.7. The Morgan fingerprint density at radius 1 is 1.69 bits per heavy atom. The summed E-state index contributed by atoms with van der Waals surface area (Å²) in [5, 5.41) is 0. The Bertz CT molecular complexity index is 413. The zero-order valence-corrected chi connectivity index (χ0v) is 9.92. The second-order valence-corrected chi connectivity index (χ2v) is 3.67. The van der Waals surface area contributed by atoms with E-state index in [1.807, 2.05) is 0 Å². The Morgan fingerprint density at radius 2 is 2.31 bits per heavy atom. The SMILES string of the molecule is COC(=O)c1cc(Br)nc(C(F)F)c1CN. The lowest BCUT2D eigenvalue weighted by molar-refractivity contribution is 0.0598. The van der Waals surface area contributed by atoms with Crippen molar-refractivity contribution in [3.05, 3.63) is 27.5 Å². The fourth-order valence-corrected chi connectivity index (χ4v) is 1.67. The topological polar surface area (TPSA) is 65.2 Å². The number of nitrogens with zero attached hydrogens (tertiary/aromatic N) is 1. The van der Waals surface area contributed by atoms with Crippen LogP contribution < -0.4 is 5.73 Å². The van der Waals surface area contributed by atoms with Crippen LogP contribution in [0.5, 0.6) is 0 Å². The van der Waals surface area contributed by atoms with Crippen molar-refractivity contribution in [3.8, 4) is 0 Å². The Hall–Kier alpha value is -1.08. The maximum atomic E-state index is 12.7. The summed E-state index contributed by atoms with van der Waals surface area (Å²) in [5.74, 6) is -0.717. The molecule has 88 valence electrons. The van der Waals surface area contributed by atoms with E-state index < -0.39 is 18.1 Å². The molecule has 0 bridgehead atoms. The van der Waals surface area contributed by atoms with Gasteiger partial charge in [0, 0.05) is 12.1 Å². The highest BCUT2D eigenvalue weighted by atomic mass is 79.9. The third-order valence-electron chi connectivity index (χ3n) is 1.94. The van der Waals surface area contributed by atoms with Gasteiger partial charge in [0.05, 0.1) is 12.7 Å². The summed E-state index contributed by atoms with van der Waals surface area (Å²) in [7, 11) is 1.17. The van der Waals surface area contributed by atoms with E-state index in [0.717, 1.165) is 0 Å².